The van der Waals surface area contributed by atoms with Crippen molar-refractivity contribution in [2.45, 2.75) is 26.3 Å². The number of carbonyl (C=O) groups is 1. The molecule has 3 nitrogen and oxygen atoms in total. The van der Waals surface area contributed by atoms with Crippen LogP contribution in [0.1, 0.15) is 35.8 Å². The molecule has 2 rings (SSSR count). The van der Waals surface area contributed by atoms with Crippen molar-refractivity contribution in [3.8, 4) is 0 Å². The maximum Gasteiger partial charge on any atom is 0.354 e. The number of ether oxygens (including phenoxy) is 1. The second-order valence-electron chi connectivity index (χ2n) is 4.50. The Morgan fingerprint density at radius 2 is 1.95 bits per heavy atom. The first-order chi connectivity index (χ1) is 9.31. The standard InChI is InChI=1S/C16H19NO2/c1-2-3-12-19-16(18)15-10-7-11-17(15)13-14-8-5-4-6-9-14/h4-11H,2-3,12-13H2,1H3. The van der Waals surface area contributed by atoms with Gasteiger partial charge >= 0.3 is 5.97 Å². The zero-order valence-corrected chi connectivity index (χ0v) is 11.2. The molecular formula is C16H19NO2. The predicted octanol–water partition coefficient (Wildman–Crippen LogP) is 3.49. The molecule has 0 N–H and O–H groups in total. The summed E-state index contributed by atoms with van der Waals surface area (Å²) >= 11 is 0. The zero-order valence-electron chi connectivity index (χ0n) is 11.2. The Labute approximate surface area is 113 Å². The number of rotatable bonds is 6. The molecule has 0 atom stereocenters. The lowest BCUT2D eigenvalue weighted by Crippen LogP contribution is -2.13. The van der Waals surface area contributed by atoms with Crippen LogP contribution in [0.15, 0.2) is 48.7 Å². The van der Waals surface area contributed by atoms with Crippen molar-refractivity contribution in [1.29, 1.82) is 0 Å². The quantitative estimate of drug-likeness (QED) is 0.586. The highest BCUT2D eigenvalue weighted by Crippen LogP contribution is 2.09. The lowest BCUT2D eigenvalue weighted by atomic mass is 10.2. The third-order valence-corrected chi connectivity index (χ3v) is 2.97. The molecule has 0 amide bonds. The van der Waals surface area contributed by atoms with E-state index in [9.17, 15) is 4.79 Å². The van der Waals surface area contributed by atoms with E-state index in [-0.39, 0.29) is 5.97 Å². The third kappa shape index (κ3) is 3.71. The summed E-state index contributed by atoms with van der Waals surface area (Å²) in [5, 5.41) is 0. The first kappa shape index (κ1) is 13.4. The van der Waals surface area contributed by atoms with E-state index in [1.54, 1.807) is 6.07 Å². The zero-order chi connectivity index (χ0) is 13.5. The smallest absolute Gasteiger partial charge is 0.354 e. The molecule has 3 heteroatoms. The van der Waals surface area contributed by atoms with Gasteiger partial charge in [0.15, 0.2) is 0 Å². The molecule has 0 spiro atoms. The Hall–Kier alpha value is -2.03. The molecule has 100 valence electrons. The summed E-state index contributed by atoms with van der Waals surface area (Å²) in [6, 6.07) is 13.8. The van der Waals surface area contributed by atoms with E-state index in [4.69, 9.17) is 4.74 Å². The molecule has 0 aliphatic heterocycles. The number of esters is 1. The minimum absolute atomic E-state index is 0.241. The molecule has 2 aromatic rings. The number of hydrogen-bond acceptors (Lipinski definition) is 2. The summed E-state index contributed by atoms with van der Waals surface area (Å²) in [7, 11) is 0. The highest BCUT2D eigenvalue weighted by atomic mass is 16.5. The fraction of sp³-hybridized carbons (Fsp3) is 0.312. The molecule has 0 unspecified atom stereocenters. The van der Waals surface area contributed by atoms with Gasteiger partial charge in [-0.3, -0.25) is 0 Å². The molecule has 0 aliphatic carbocycles. The average Bonchev–Trinajstić information content (AvgIpc) is 2.88. The summed E-state index contributed by atoms with van der Waals surface area (Å²) in [6.45, 7) is 3.25. The van der Waals surface area contributed by atoms with Gasteiger partial charge in [0.2, 0.25) is 0 Å². The third-order valence-electron chi connectivity index (χ3n) is 2.97. The second kappa shape index (κ2) is 6.78. The summed E-state index contributed by atoms with van der Waals surface area (Å²) in [4.78, 5) is 11.9. The van der Waals surface area contributed by atoms with Crippen molar-refractivity contribution in [3.63, 3.8) is 0 Å². The molecule has 0 fully saturated rings. The molecule has 0 bridgehead atoms. The molecule has 0 aliphatic rings. The van der Waals surface area contributed by atoms with Crippen LogP contribution in [0, 0.1) is 0 Å². The van der Waals surface area contributed by atoms with Gasteiger partial charge in [0.05, 0.1) is 6.61 Å². The van der Waals surface area contributed by atoms with Gasteiger partial charge in [-0.15, -0.1) is 0 Å². The van der Waals surface area contributed by atoms with Crippen LogP contribution in [0.25, 0.3) is 0 Å². The van der Waals surface area contributed by atoms with E-state index >= 15 is 0 Å². The van der Waals surface area contributed by atoms with Crippen LogP contribution in [0.5, 0.6) is 0 Å². The topological polar surface area (TPSA) is 31.2 Å². The van der Waals surface area contributed by atoms with Crippen molar-refractivity contribution in [1.82, 2.24) is 4.57 Å². The monoisotopic (exact) mass is 257 g/mol. The SMILES string of the molecule is CCCCOC(=O)c1cccn1Cc1ccccc1. The van der Waals surface area contributed by atoms with E-state index in [1.165, 1.54) is 5.56 Å². The predicted molar refractivity (Wildman–Crippen MR) is 75.2 cm³/mol. The number of aromatic nitrogens is 1. The van der Waals surface area contributed by atoms with Crippen molar-refractivity contribution < 1.29 is 9.53 Å². The van der Waals surface area contributed by atoms with Gasteiger partial charge in [-0.1, -0.05) is 43.7 Å². The van der Waals surface area contributed by atoms with Gasteiger partial charge in [-0.05, 0) is 24.1 Å². The molecule has 0 saturated heterocycles. The Kier molecular flexibility index (Phi) is 4.78. The van der Waals surface area contributed by atoms with Crippen molar-refractivity contribution in [2.75, 3.05) is 6.61 Å². The summed E-state index contributed by atoms with van der Waals surface area (Å²) in [5.41, 5.74) is 1.78. The van der Waals surface area contributed by atoms with E-state index in [2.05, 4.69) is 6.92 Å². The lowest BCUT2D eigenvalue weighted by Gasteiger charge is -2.09. The summed E-state index contributed by atoms with van der Waals surface area (Å²) < 4.78 is 7.17. The van der Waals surface area contributed by atoms with Crippen LogP contribution in [-0.4, -0.2) is 17.1 Å². The number of hydrogen-bond donors (Lipinski definition) is 0. The van der Waals surface area contributed by atoms with Crippen LogP contribution in [0.2, 0.25) is 0 Å². The van der Waals surface area contributed by atoms with Crippen molar-refractivity contribution >= 4 is 5.97 Å². The number of nitrogens with zero attached hydrogens (tertiary/aromatic N) is 1. The molecule has 1 aromatic heterocycles. The van der Waals surface area contributed by atoms with Gasteiger partial charge in [0.1, 0.15) is 5.69 Å². The first-order valence-electron chi connectivity index (χ1n) is 6.67. The normalized spacial score (nSPS) is 10.4. The fourth-order valence-corrected chi connectivity index (χ4v) is 1.90. The Bertz CT molecular complexity index is 517. The number of unbranched alkanes of at least 4 members (excludes halogenated alkanes) is 1. The molecule has 0 radical (unpaired) electrons. The lowest BCUT2D eigenvalue weighted by molar-refractivity contribution is 0.0488. The first-order valence-corrected chi connectivity index (χ1v) is 6.67. The maximum absolute atomic E-state index is 11.9. The van der Waals surface area contributed by atoms with Crippen LogP contribution < -0.4 is 0 Å². The van der Waals surface area contributed by atoms with Crippen molar-refractivity contribution in [3.05, 3.63) is 59.9 Å². The molecule has 1 aromatic carbocycles. The minimum Gasteiger partial charge on any atom is -0.461 e. The maximum atomic E-state index is 11.9. The highest BCUT2D eigenvalue weighted by Gasteiger charge is 2.12. The van der Waals surface area contributed by atoms with Gasteiger partial charge in [-0.25, -0.2) is 4.79 Å². The highest BCUT2D eigenvalue weighted by molar-refractivity contribution is 5.87. The van der Waals surface area contributed by atoms with E-state index < -0.39 is 0 Å². The van der Waals surface area contributed by atoms with Crippen molar-refractivity contribution in [2.24, 2.45) is 0 Å². The Morgan fingerprint density at radius 3 is 2.68 bits per heavy atom. The number of carbonyl (C=O) groups excluding carboxylic acids is 1. The Morgan fingerprint density at radius 1 is 1.16 bits per heavy atom. The van der Waals surface area contributed by atoms with Crippen LogP contribution >= 0.6 is 0 Å². The molecule has 1 heterocycles. The van der Waals surface area contributed by atoms with Crippen LogP contribution in [-0.2, 0) is 11.3 Å². The van der Waals surface area contributed by atoms with E-state index in [0.29, 0.717) is 18.8 Å². The molecular weight excluding hydrogens is 238 g/mol. The largest absolute Gasteiger partial charge is 0.461 e. The van der Waals surface area contributed by atoms with Crippen LogP contribution in [0.4, 0.5) is 0 Å². The fourth-order valence-electron chi connectivity index (χ4n) is 1.90. The van der Waals surface area contributed by atoms with Gasteiger partial charge in [-0.2, -0.15) is 0 Å². The summed E-state index contributed by atoms with van der Waals surface area (Å²) in [6.07, 6.45) is 3.84. The minimum atomic E-state index is -0.241. The average molecular weight is 257 g/mol. The van der Waals surface area contributed by atoms with E-state index in [0.717, 1.165) is 12.8 Å². The second-order valence-corrected chi connectivity index (χ2v) is 4.50. The van der Waals surface area contributed by atoms with Gasteiger partial charge in [0, 0.05) is 12.7 Å². The Balaban J connectivity index is 2.03. The molecule has 0 saturated carbocycles. The van der Waals surface area contributed by atoms with Crippen LogP contribution in [0.3, 0.4) is 0 Å². The van der Waals surface area contributed by atoms with E-state index in [1.807, 2.05) is 47.2 Å². The van der Waals surface area contributed by atoms with Gasteiger partial charge < -0.3 is 9.30 Å². The van der Waals surface area contributed by atoms with Gasteiger partial charge in [0.25, 0.3) is 0 Å². The summed E-state index contributed by atoms with van der Waals surface area (Å²) in [5.74, 6) is -0.241. The number of benzene rings is 1. The molecule has 19 heavy (non-hydrogen) atoms.